The molecule has 0 amide bonds. The van der Waals surface area contributed by atoms with Gasteiger partial charge in [0.25, 0.3) is 0 Å². The molecule has 0 aliphatic heterocycles. The molecule has 0 atom stereocenters. The predicted octanol–water partition coefficient (Wildman–Crippen LogP) is 2.87. The molecule has 0 aliphatic carbocycles. The first kappa shape index (κ1) is 10.4. The smallest absolute Gasteiger partial charge is 0.130 e. The van der Waals surface area contributed by atoms with Crippen molar-refractivity contribution in [2.24, 2.45) is 5.73 Å². The summed E-state index contributed by atoms with van der Waals surface area (Å²) in [4.78, 5) is 0. The van der Waals surface area contributed by atoms with E-state index < -0.39 is 0 Å². The molecule has 70 valence electrons. The standard InChI is InChI=1S/C10H11BrFN/c1-7-5-10(12)8(3-2-4-13)6-9(7)11/h2-3,5-6H,4,13H2,1H3/b3-2+. The van der Waals surface area contributed by atoms with Gasteiger partial charge in [-0.15, -0.1) is 0 Å². The van der Waals surface area contributed by atoms with E-state index in [1.54, 1.807) is 18.2 Å². The van der Waals surface area contributed by atoms with Crippen LogP contribution in [0.1, 0.15) is 11.1 Å². The molecular formula is C10H11BrFN. The molecule has 1 aromatic rings. The van der Waals surface area contributed by atoms with Crippen molar-refractivity contribution in [1.82, 2.24) is 0 Å². The lowest BCUT2D eigenvalue weighted by molar-refractivity contribution is 0.623. The van der Waals surface area contributed by atoms with Crippen LogP contribution in [0.4, 0.5) is 4.39 Å². The van der Waals surface area contributed by atoms with Crippen molar-refractivity contribution >= 4 is 22.0 Å². The first-order valence-corrected chi connectivity index (χ1v) is 4.76. The van der Waals surface area contributed by atoms with Gasteiger partial charge in [0.05, 0.1) is 0 Å². The van der Waals surface area contributed by atoms with Crippen molar-refractivity contribution in [3.63, 3.8) is 0 Å². The Hall–Kier alpha value is -0.670. The van der Waals surface area contributed by atoms with Crippen molar-refractivity contribution in [2.75, 3.05) is 6.54 Å². The molecule has 0 unspecified atom stereocenters. The summed E-state index contributed by atoms with van der Waals surface area (Å²) in [6.07, 6.45) is 3.40. The molecule has 1 nitrogen and oxygen atoms in total. The molecular weight excluding hydrogens is 233 g/mol. The van der Waals surface area contributed by atoms with E-state index in [-0.39, 0.29) is 5.82 Å². The lowest BCUT2D eigenvalue weighted by Crippen LogP contribution is -1.93. The van der Waals surface area contributed by atoms with Crippen molar-refractivity contribution in [3.8, 4) is 0 Å². The van der Waals surface area contributed by atoms with Gasteiger partial charge in [-0.2, -0.15) is 0 Å². The van der Waals surface area contributed by atoms with Crippen LogP contribution in [-0.2, 0) is 0 Å². The Labute approximate surface area is 85.6 Å². The second-order valence-electron chi connectivity index (χ2n) is 2.76. The van der Waals surface area contributed by atoms with Crippen LogP contribution in [0.15, 0.2) is 22.7 Å². The molecule has 0 saturated carbocycles. The van der Waals surface area contributed by atoms with Crippen LogP contribution in [0.3, 0.4) is 0 Å². The maximum Gasteiger partial charge on any atom is 0.130 e. The van der Waals surface area contributed by atoms with Gasteiger partial charge in [-0.1, -0.05) is 28.1 Å². The van der Waals surface area contributed by atoms with Gasteiger partial charge in [0.15, 0.2) is 0 Å². The Balaban J connectivity index is 3.08. The summed E-state index contributed by atoms with van der Waals surface area (Å²) in [5.74, 6) is -0.217. The molecule has 0 saturated heterocycles. The summed E-state index contributed by atoms with van der Waals surface area (Å²) in [5, 5.41) is 0. The molecule has 0 radical (unpaired) electrons. The number of benzene rings is 1. The van der Waals surface area contributed by atoms with Gasteiger partial charge in [-0.25, -0.2) is 4.39 Å². The fourth-order valence-corrected chi connectivity index (χ4v) is 1.35. The zero-order chi connectivity index (χ0) is 9.84. The van der Waals surface area contributed by atoms with Crippen molar-refractivity contribution < 1.29 is 4.39 Å². The van der Waals surface area contributed by atoms with Crippen molar-refractivity contribution in [3.05, 3.63) is 39.6 Å². The summed E-state index contributed by atoms with van der Waals surface area (Å²) in [5.41, 5.74) is 6.72. The highest BCUT2D eigenvalue weighted by Gasteiger charge is 2.02. The number of aryl methyl sites for hydroxylation is 1. The average molecular weight is 244 g/mol. The Morgan fingerprint density at radius 2 is 2.23 bits per heavy atom. The van der Waals surface area contributed by atoms with Crippen LogP contribution >= 0.6 is 15.9 Å². The number of halogens is 2. The SMILES string of the molecule is Cc1cc(F)c(/C=C/CN)cc1Br. The van der Waals surface area contributed by atoms with E-state index in [0.29, 0.717) is 12.1 Å². The van der Waals surface area contributed by atoms with Gasteiger partial charge < -0.3 is 5.73 Å². The molecule has 1 aromatic carbocycles. The summed E-state index contributed by atoms with van der Waals surface area (Å²) in [7, 11) is 0. The van der Waals surface area contributed by atoms with Gasteiger partial charge in [0.2, 0.25) is 0 Å². The van der Waals surface area contributed by atoms with E-state index in [1.165, 1.54) is 6.07 Å². The third-order valence-electron chi connectivity index (χ3n) is 1.71. The zero-order valence-corrected chi connectivity index (χ0v) is 8.94. The maximum absolute atomic E-state index is 13.2. The van der Waals surface area contributed by atoms with E-state index in [4.69, 9.17) is 5.73 Å². The first-order valence-electron chi connectivity index (χ1n) is 3.97. The molecule has 2 N–H and O–H groups in total. The molecule has 0 aliphatic rings. The van der Waals surface area contributed by atoms with E-state index in [0.717, 1.165) is 10.0 Å². The molecule has 0 heterocycles. The summed E-state index contributed by atoms with van der Waals surface area (Å²) in [6, 6.07) is 3.25. The van der Waals surface area contributed by atoms with E-state index >= 15 is 0 Å². The third kappa shape index (κ3) is 2.64. The molecule has 13 heavy (non-hydrogen) atoms. The average Bonchev–Trinajstić information content (AvgIpc) is 2.09. The van der Waals surface area contributed by atoms with E-state index in [1.807, 2.05) is 6.92 Å². The molecule has 1 rings (SSSR count). The lowest BCUT2D eigenvalue weighted by Gasteiger charge is -2.01. The molecule has 0 fully saturated rings. The summed E-state index contributed by atoms with van der Waals surface area (Å²) >= 11 is 3.34. The minimum atomic E-state index is -0.217. The van der Waals surface area contributed by atoms with Gasteiger partial charge >= 0.3 is 0 Å². The van der Waals surface area contributed by atoms with Gasteiger partial charge in [-0.3, -0.25) is 0 Å². The van der Waals surface area contributed by atoms with Crippen LogP contribution in [0, 0.1) is 12.7 Å². The topological polar surface area (TPSA) is 26.0 Å². The quantitative estimate of drug-likeness (QED) is 0.850. The number of rotatable bonds is 2. The highest BCUT2D eigenvalue weighted by atomic mass is 79.9. The fourth-order valence-electron chi connectivity index (χ4n) is 0.984. The van der Waals surface area contributed by atoms with Crippen LogP contribution < -0.4 is 5.73 Å². The van der Waals surface area contributed by atoms with Gasteiger partial charge in [-0.05, 0) is 24.6 Å². The van der Waals surface area contributed by atoms with Crippen molar-refractivity contribution in [2.45, 2.75) is 6.92 Å². The predicted molar refractivity (Wildman–Crippen MR) is 56.9 cm³/mol. The van der Waals surface area contributed by atoms with Crippen LogP contribution in [0.5, 0.6) is 0 Å². The molecule has 0 spiro atoms. The number of hydrogen-bond acceptors (Lipinski definition) is 1. The summed E-state index contributed by atoms with van der Waals surface area (Å²) in [6.45, 7) is 2.27. The normalized spacial score (nSPS) is 11.1. The number of hydrogen-bond donors (Lipinski definition) is 1. The molecule has 3 heteroatoms. The summed E-state index contributed by atoms with van der Waals surface area (Å²) < 4.78 is 14.1. The van der Waals surface area contributed by atoms with E-state index in [2.05, 4.69) is 15.9 Å². The largest absolute Gasteiger partial charge is 0.327 e. The van der Waals surface area contributed by atoms with Crippen molar-refractivity contribution in [1.29, 1.82) is 0 Å². The third-order valence-corrected chi connectivity index (χ3v) is 2.57. The highest BCUT2D eigenvalue weighted by molar-refractivity contribution is 9.10. The van der Waals surface area contributed by atoms with Crippen LogP contribution in [0.25, 0.3) is 6.08 Å². The second-order valence-corrected chi connectivity index (χ2v) is 3.62. The Morgan fingerprint density at radius 1 is 1.54 bits per heavy atom. The first-order chi connectivity index (χ1) is 6.15. The second kappa shape index (κ2) is 4.53. The van der Waals surface area contributed by atoms with Crippen LogP contribution in [-0.4, -0.2) is 6.54 Å². The Morgan fingerprint density at radius 3 is 2.85 bits per heavy atom. The monoisotopic (exact) mass is 243 g/mol. The van der Waals surface area contributed by atoms with Gasteiger partial charge in [0, 0.05) is 16.6 Å². The number of nitrogens with two attached hydrogens (primary N) is 1. The zero-order valence-electron chi connectivity index (χ0n) is 7.35. The van der Waals surface area contributed by atoms with Crippen LogP contribution in [0.2, 0.25) is 0 Å². The van der Waals surface area contributed by atoms with Gasteiger partial charge in [0.1, 0.15) is 5.82 Å². The maximum atomic E-state index is 13.2. The fraction of sp³-hybridized carbons (Fsp3) is 0.200. The lowest BCUT2D eigenvalue weighted by atomic mass is 10.1. The molecule has 0 aromatic heterocycles. The highest BCUT2D eigenvalue weighted by Crippen LogP contribution is 2.21. The Bertz CT molecular complexity index is 334. The molecule has 0 bridgehead atoms. The van der Waals surface area contributed by atoms with E-state index in [9.17, 15) is 4.39 Å². The minimum absolute atomic E-state index is 0.217. The Kier molecular flexibility index (Phi) is 3.63. The minimum Gasteiger partial charge on any atom is -0.327 e.